The third-order valence-electron chi connectivity index (χ3n) is 15.7. The Bertz CT molecular complexity index is 4460. The van der Waals surface area contributed by atoms with Crippen LogP contribution in [0.1, 0.15) is 82.8 Å². The molecule has 0 bridgehead atoms. The molecule has 94 heavy (non-hydrogen) atoms. The summed E-state index contributed by atoms with van der Waals surface area (Å²) in [4.78, 5) is 90.2. The molecule has 0 saturated heterocycles. The molecule has 5 amide bonds. The minimum atomic E-state index is -1.30. The van der Waals surface area contributed by atoms with Crippen molar-refractivity contribution in [2.45, 2.75) is 58.1 Å². The van der Waals surface area contributed by atoms with E-state index in [4.69, 9.17) is 23.9 Å². The number of benzene rings is 6. The Kier molecular flexibility index (Phi) is 18.7. The van der Waals surface area contributed by atoms with Crippen molar-refractivity contribution in [2.24, 2.45) is 0 Å². The van der Waals surface area contributed by atoms with Gasteiger partial charge in [0, 0.05) is 80.1 Å². The summed E-state index contributed by atoms with van der Waals surface area (Å²) in [6.07, 6.45) is 1.45. The molecule has 0 spiro atoms. The highest BCUT2D eigenvalue weighted by molar-refractivity contribution is 7.22. The van der Waals surface area contributed by atoms with Gasteiger partial charge in [-0.2, -0.15) is 0 Å². The highest BCUT2D eigenvalue weighted by Crippen LogP contribution is 2.44. The van der Waals surface area contributed by atoms with Gasteiger partial charge in [0.25, 0.3) is 0 Å². The van der Waals surface area contributed by atoms with E-state index in [1.807, 2.05) is 91.8 Å². The molecule has 6 N–H and O–H groups in total. The Morgan fingerprint density at radius 3 is 1.89 bits per heavy atom. The first kappa shape index (κ1) is 63.5. The number of carbonyl (C=O) groups is 5. The molecule has 0 radical (unpaired) electrons. The van der Waals surface area contributed by atoms with Gasteiger partial charge in [0.2, 0.25) is 0 Å². The maximum absolute atomic E-state index is 14.4. The molecule has 2 aliphatic heterocycles. The molecule has 22 nitrogen and oxygen atoms in total. The number of hydrogen-bond donors (Lipinski definition) is 6. The van der Waals surface area contributed by atoms with Crippen molar-refractivity contribution in [1.29, 1.82) is 0 Å². The number of para-hydroxylation sites is 1. The molecule has 0 fully saturated rings. The Balaban J connectivity index is 0.736. The second-order valence-corrected chi connectivity index (χ2v) is 25.7. The summed E-state index contributed by atoms with van der Waals surface area (Å²) < 4.78 is 24.7. The van der Waals surface area contributed by atoms with Gasteiger partial charge in [-0.3, -0.25) is 25.8 Å². The molecule has 1 atom stereocenters. The van der Waals surface area contributed by atoms with Crippen LogP contribution in [0.4, 0.5) is 47.4 Å². The van der Waals surface area contributed by atoms with Gasteiger partial charge < -0.3 is 39.4 Å². The lowest BCUT2D eigenvalue weighted by Gasteiger charge is -2.35. The summed E-state index contributed by atoms with van der Waals surface area (Å²) in [7, 11) is 3.99. The van der Waals surface area contributed by atoms with Crippen LogP contribution in [0.3, 0.4) is 0 Å². The lowest BCUT2D eigenvalue weighted by atomic mass is 9.83. The standard InChI is InChI=1S/C70H67N11O11S2/c1-70(2,3)92-69(88)72-46-18-22-48(23-19-46)89-35-36-91-58-29-27-52(74-62(58)64(84)85)45-16-24-50-49(30-33-81(56(50)38-45)68(87)77-65-75-53-10-6-7-11-59(53)93-65)43-17-25-54-60(39-43)94-66(76-54)78-67(86)80-32-8-9-42-14-15-44(37-55(42)80)51-26-28-57(61(73-51)63(82)83)90-34-31-71-40-41-12-20-47(21-13-41)79(4)5/h6-7,10-29,37-39,49,71H,8-9,30-36,40H2,1-5H3,(H,72,88)(H,82,83)(H,84,85)(H,75,77,87)(H,76,78,86). The smallest absolute Gasteiger partial charge is 0.412 e. The van der Waals surface area contributed by atoms with Crippen molar-refractivity contribution in [1.82, 2.24) is 25.3 Å². The maximum Gasteiger partial charge on any atom is 0.412 e. The van der Waals surface area contributed by atoms with Crippen LogP contribution in [0.5, 0.6) is 17.2 Å². The number of carboxylic acid groups (broad SMARTS) is 2. The van der Waals surface area contributed by atoms with Crippen LogP contribution in [0, 0.1) is 0 Å². The van der Waals surface area contributed by atoms with Crippen LogP contribution in [0.2, 0.25) is 0 Å². The summed E-state index contributed by atoms with van der Waals surface area (Å²) in [5.74, 6) is -2.02. The lowest BCUT2D eigenvalue weighted by molar-refractivity contribution is 0.0632. The number of carbonyl (C=O) groups excluding carboxylic acids is 3. The van der Waals surface area contributed by atoms with Crippen LogP contribution in [-0.4, -0.2) is 119 Å². The second kappa shape index (κ2) is 27.6. The number of anilines is 6. The number of carboxylic acids is 2. The molecular weight excluding hydrogens is 1230 g/mol. The average molecular weight is 1300 g/mol. The number of amides is 5. The summed E-state index contributed by atoms with van der Waals surface area (Å²) in [6.45, 7) is 7.51. The number of urea groups is 2. The predicted octanol–water partition coefficient (Wildman–Crippen LogP) is 14.0. The summed E-state index contributed by atoms with van der Waals surface area (Å²) >= 11 is 2.71. The van der Waals surface area contributed by atoms with Crippen LogP contribution in [0.25, 0.3) is 42.9 Å². The molecule has 4 aromatic heterocycles. The first-order valence-electron chi connectivity index (χ1n) is 30.5. The van der Waals surface area contributed by atoms with Gasteiger partial charge in [0.15, 0.2) is 33.1 Å². The number of aromatic carboxylic acids is 2. The van der Waals surface area contributed by atoms with E-state index in [0.717, 1.165) is 55.7 Å². The quantitative estimate of drug-likeness (QED) is 0.0387. The molecule has 480 valence electrons. The number of hydrogen-bond acceptors (Lipinski definition) is 17. The molecule has 1 unspecified atom stereocenters. The Morgan fingerprint density at radius 2 is 1.23 bits per heavy atom. The van der Waals surface area contributed by atoms with Gasteiger partial charge in [-0.15, -0.1) is 0 Å². The van der Waals surface area contributed by atoms with Crippen LogP contribution in [0.15, 0.2) is 152 Å². The van der Waals surface area contributed by atoms with E-state index in [-0.39, 0.29) is 60.7 Å². The number of aromatic nitrogens is 4. The van der Waals surface area contributed by atoms with Crippen molar-refractivity contribution in [2.75, 3.05) is 84.2 Å². The number of pyridine rings is 2. The fourth-order valence-electron chi connectivity index (χ4n) is 11.2. The predicted molar refractivity (Wildman–Crippen MR) is 365 cm³/mol. The average Bonchev–Trinajstić information content (AvgIpc) is 1.07. The number of nitrogens with one attached hydrogen (secondary N) is 4. The zero-order chi connectivity index (χ0) is 65.6. The molecule has 6 heterocycles. The van der Waals surface area contributed by atoms with E-state index < -0.39 is 23.6 Å². The van der Waals surface area contributed by atoms with Gasteiger partial charge in [0.05, 0.1) is 31.8 Å². The Morgan fingerprint density at radius 1 is 0.617 bits per heavy atom. The van der Waals surface area contributed by atoms with Crippen molar-refractivity contribution >= 4 is 106 Å². The minimum absolute atomic E-state index is 0.00253. The first-order chi connectivity index (χ1) is 45.4. The number of aryl methyl sites for hydroxylation is 1. The monoisotopic (exact) mass is 1300 g/mol. The van der Waals surface area contributed by atoms with Crippen molar-refractivity contribution in [3.63, 3.8) is 0 Å². The van der Waals surface area contributed by atoms with Gasteiger partial charge in [-0.05, 0) is 159 Å². The molecule has 6 aromatic carbocycles. The van der Waals surface area contributed by atoms with Crippen molar-refractivity contribution in [3.8, 4) is 39.8 Å². The van der Waals surface area contributed by atoms with E-state index in [1.54, 1.807) is 79.1 Å². The highest BCUT2D eigenvalue weighted by atomic mass is 32.1. The molecule has 0 aliphatic carbocycles. The Labute approximate surface area is 549 Å². The van der Waals surface area contributed by atoms with Gasteiger partial charge in [0.1, 0.15) is 31.2 Å². The zero-order valence-electron chi connectivity index (χ0n) is 52.1. The minimum Gasteiger partial charge on any atom is -0.490 e. The SMILES string of the molecule is CN(C)c1ccc(CNCCOc2ccc(-c3ccc4c(c3)N(C(=O)Nc3nc5ccc(C6CCN(C(=O)Nc7nc8ccccc8s7)c7cc(-c8ccc(OCCOc9ccc(NC(=O)OC(C)(C)C)cc9)c(C(=O)O)n8)ccc76)cc5s3)CCC4)nc2C(=O)O)cc1. The van der Waals surface area contributed by atoms with Crippen molar-refractivity contribution in [3.05, 3.63) is 185 Å². The van der Waals surface area contributed by atoms with E-state index in [0.29, 0.717) is 93.7 Å². The lowest BCUT2D eigenvalue weighted by Crippen LogP contribution is -2.39. The third-order valence-corrected chi connectivity index (χ3v) is 17.6. The summed E-state index contributed by atoms with van der Waals surface area (Å²) in [5.41, 5.74) is 9.04. The van der Waals surface area contributed by atoms with E-state index in [9.17, 15) is 34.2 Å². The van der Waals surface area contributed by atoms with Crippen molar-refractivity contribution < 1.29 is 53.1 Å². The fraction of sp³-hybridized carbons (Fsp3) is 0.243. The number of rotatable bonds is 20. The number of ether oxygens (including phenoxy) is 4. The van der Waals surface area contributed by atoms with E-state index in [2.05, 4.69) is 66.6 Å². The summed E-state index contributed by atoms with van der Waals surface area (Å²) in [5, 5.41) is 33.6. The molecule has 12 rings (SSSR count). The number of nitrogens with zero attached hydrogens (tertiary/aromatic N) is 7. The van der Waals surface area contributed by atoms with Crippen LogP contribution < -0.4 is 50.2 Å². The van der Waals surface area contributed by atoms with Gasteiger partial charge in [-0.25, -0.2) is 43.9 Å². The topological polar surface area (TPSA) is 272 Å². The number of fused-ring (bicyclic) bond motifs is 4. The van der Waals surface area contributed by atoms with E-state index in [1.165, 1.54) is 22.7 Å². The molecule has 2 aliphatic rings. The first-order valence-corrected chi connectivity index (χ1v) is 32.1. The largest absolute Gasteiger partial charge is 0.490 e. The third kappa shape index (κ3) is 14.8. The molecule has 10 aromatic rings. The molecule has 0 saturated carbocycles. The van der Waals surface area contributed by atoms with Gasteiger partial charge >= 0.3 is 30.1 Å². The maximum atomic E-state index is 14.4. The molecular formula is C70H67N11O11S2. The van der Waals surface area contributed by atoms with Gasteiger partial charge in [-0.1, -0.05) is 77.3 Å². The summed E-state index contributed by atoms with van der Waals surface area (Å²) in [6, 6.07) is 45.7. The Hall–Kier alpha value is -10.7. The fourth-order valence-corrected chi connectivity index (χ4v) is 13.0. The highest BCUT2D eigenvalue weighted by Gasteiger charge is 2.32. The normalized spacial score (nSPS) is 13.6. The second-order valence-electron chi connectivity index (χ2n) is 23.6. The zero-order valence-corrected chi connectivity index (χ0v) is 53.7. The van der Waals surface area contributed by atoms with Crippen LogP contribution >= 0.6 is 22.7 Å². The van der Waals surface area contributed by atoms with E-state index >= 15 is 0 Å². The number of thiazole rings is 2. The molecule has 24 heteroatoms. The van der Waals surface area contributed by atoms with Crippen LogP contribution in [-0.2, 0) is 17.7 Å².